The summed E-state index contributed by atoms with van der Waals surface area (Å²) in [6.45, 7) is 2.37. The molecular formula is C18H17N3O2. The first-order chi connectivity index (χ1) is 11.2. The highest BCUT2D eigenvalue weighted by molar-refractivity contribution is 5.72. The van der Waals surface area contributed by atoms with Gasteiger partial charge in [0.2, 0.25) is 6.41 Å². The molecule has 0 saturated heterocycles. The lowest BCUT2D eigenvalue weighted by Gasteiger charge is -2.13. The van der Waals surface area contributed by atoms with E-state index in [0.29, 0.717) is 18.6 Å². The normalized spacial score (nSPS) is 10.5. The van der Waals surface area contributed by atoms with Crippen LogP contribution in [-0.4, -0.2) is 15.8 Å². The zero-order valence-electron chi connectivity index (χ0n) is 12.8. The highest BCUT2D eigenvalue weighted by atomic mass is 16.1. The van der Waals surface area contributed by atoms with Crippen molar-refractivity contribution in [2.24, 2.45) is 0 Å². The fourth-order valence-corrected chi connectivity index (χ4v) is 2.65. The second-order valence-corrected chi connectivity index (χ2v) is 5.22. The number of amides is 1. The van der Waals surface area contributed by atoms with E-state index in [1.54, 1.807) is 4.68 Å². The van der Waals surface area contributed by atoms with E-state index < -0.39 is 0 Å². The average molecular weight is 307 g/mol. The summed E-state index contributed by atoms with van der Waals surface area (Å²) in [4.78, 5) is 23.5. The molecular weight excluding hydrogens is 290 g/mol. The third-order valence-corrected chi connectivity index (χ3v) is 3.78. The van der Waals surface area contributed by atoms with E-state index in [9.17, 15) is 9.59 Å². The van der Waals surface area contributed by atoms with Gasteiger partial charge in [-0.1, -0.05) is 48.5 Å². The molecule has 0 aliphatic carbocycles. The van der Waals surface area contributed by atoms with Crippen LogP contribution in [0.3, 0.4) is 0 Å². The number of carbonyl (C=O) groups excluding carboxylic acids is 1. The SMILES string of the molecule is Cc1c(NC=O)c(=O)n(-c2ccccc2)n1Cc1ccccc1. The van der Waals surface area contributed by atoms with Crippen LogP contribution in [0.15, 0.2) is 65.5 Å². The van der Waals surface area contributed by atoms with Crippen LogP contribution in [0.25, 0.3) is 5.69 Å². The maximum Gasteiger partial charge on any atom is 0.295 e. The number of nitrogens with zero attached hydrogens (tertiary/aromatic N) is 2. The Morgan fingerprint density at radius 2 is 1.61 bits per heavy atom. The number of anilines is 1. The van der Waals surface area contributed by atoms with E-state index in [4.69, 9.17) is 0 Å². The minimum atomic E-state index is -0.239. The lowest BCUT2D eigenvalue weighted by molar-refractivity contribution is -0.105. The molecule has 5 heteroatoms. The fourth-order valence-electron chi connectivity index (χ4n) is 2.65. The van der Waals surface area contributed by atoms with Gasteiger partial charge in [-0.15, -0.1) is 0 Å². The van der Waals surface area contributed by atoms with Gasteiger partial charge in [0.15, 0.2) is 0 Å². The lowest BCUT2D eigenvalue weighted by atomic mass is 10.2. The van der Waals surface area contributed by atoms with Gasteiger partial charge in [-0.05, 0) is 24.6 Å². The summed E-state index contributed by atoms with van der Waals surface area (Å²) in [6, 6.07) is 19.3. The molecule has 0 spiro atoms. The molecule has 1 heterocycles. The van der Waals surface area contributed by atoms with Gasteiger partial charge in [-0.25, -0.2) is 4.68 Å². The molecule has 0 atom stereocenters. The number of rotatable bonds is 5. The molecule has 23 heavy (non-hydrogen) atoms. The van der Waals surface area contributed by atoms with Crippen LogP contribution < -0.4 is 10.9 Å². The summed E-state index contributed by atoms with van der Waals surface area (Å²) in [6.07, 6.45) is 0.534. The third-order valence-electron chi connectivity index (χ3n) is 3.78. The average Bonchev–Trinajstić information content (AvgIpc) is 2.81. The van der Waals surface area contributed by atoms with E-state index in [-0.39, 0.29) is 5.56 Å². The van der Waals surface area contributed by atoms with Crippen LogP contribution in [0.4, 0.5) is 5.69 Å². The Kier molecular flexibility index (Phi) is 4.10. The maximum atomic E-state index is 12.7. The van der Waals surface area contributed by atoms with Crippen molar-refractivity contribution in [1.29, 1.82) is 0 Å². The molecule has 0 radical (unpaired) electrons. The largest absolute Gasteiger partial charge is 0.323 e. The second-order valence-electron chi connectivity index (χ2n) is 5.22. The molecule has 2 aromatic carbocycles. The van der Waals surface area contributed by atoms with Crippen molar-refractivity contribution in [2.45, 2.75) is 13.5 Å². The molecule has 3 aromatic rings. The van der Waals surface area contributed by atoms with Crippen LogP contribution in [-0.2, 0) is 11.3 Å². The number of carbonyl (C=O) groups is 1. The topological polar surface area (TPSA) is 56.0 Å². The first kappa shape index (κ1) is 14.8. The molecule has 0 saturated carbocycles. The highest BCUT2D eigenvalue weighted by Gasteiger charge is 2.17. The van der Waals surface area contributed by atoms with E-state index in [1.807, 2.05) is 72.3 Å². The van der Waals surface area contributed by atoms with Gasteiger partial charge >= 0.3 is 0 Å². The summed E-state index contributed by atoms with van der Waals surface area (Å²) in [5, 5.41) is 2.53. The summed E-state index contributed by atoms with van der Waals surface area (Å²) >= 11 is 0. The molecule has 1 aromatic heterocycles. The van der Waals surface area contributed by atoms with Crippen molar-refractivity contribution in [3.63, 3.8) is 0 Å². The fraction of sp³-hybridized carbons (Fsp3) is 0.111. The van der Waals surface area contributed by atoms with Crippen molar-refractivity contribution < 1.29 is 4.79 Å². The molecule has 1 N–H and O–H groups in total. The predicted octanol–water partition coefficient (Wildman–Crippen LogP) is 2.56. The Bertz CT molecular complexity index is 865. The summed E-state index contributed by atoms with van der Waals surface area (Å²) in [5.41, 5.74) is 2.62. The quantitative estimate of drug-likeness (QED) is 0.737. The highest BCUT2D eigenvalue weighted by Crippen LogP contribution is 2.16. The van der Waals surface area contributed by atoms with Crippen molar-refractivity contribution in [3.05, 3.63) is 82.3 Å². The molecule has 5 nitrogen and oxygen atoms in total. The van der Waals surface area contributed by atoms with Gasteiger partial charge in [0.1, 0.15) is 5.69 Å². The number of nitrogens with one attached hydrogen (secondary N) is 1. The van der Waals surface area contributed by atoms with Gasteiger partial charge in [0, 0.05) is 0 Å². The smallest absolute Gasteiger partial charge is 0.295 e. The Balaban J connectivity index is 2.18. The zero-order valence-corrected chi connectivity index (χ0v) is 12.8. The van der Waals surface area contributed by atoms with E-state index in [0.717, 1.165) is 16.9 Å². The number of hydrogen-bond donors (Lipinski definition) is 1. The molecule has 116 valence electrons. The number of benzene rings is 2. The summed E-state index contributed by atoms with van der Waals surface area (Å²) in [5.74, 6) is 0. The molecule has 0 unspecified atom stereocenters. The second kappa shape index (κ2) is 6.36. The van der Waals surface area contributed by atoms with Gasteiger partial charge in [-0.2, -0.15) is 0 Å². The molecule has 0 fully saturated rings. The first-order valence-electron chi connectivity index (χ1n) is 7.34. The summed E-state index contributed by atoms with van der Waals surface area (Å²) in [7, 11) is 0. The van der Waals surface area contributed by atoms with Crippen LogP contribution >= 0.6 is 0 Å². The van der Waals surface area contributed by atoms with Crippen LogP contribution in [0.1, 0.15) is 11.3 Å². The molecule has 3 rings (SSSR count). The predicted molar refractivity (Wildman–Crippen MR) is 90.0 cm³/mol. The van der Waals surface area contributed by atoms with Gasteiger partial charge in [-0.3, -0.25) is 14.3 Å². The van der Waals surface area contributed by atoms with Crippen LogP contribution in [0, 0.1) is 6.92 Å². The van der Waals surface area contributed by atoms with Crippen molar-refractivity contribution >= 4 is 12.1 Å². The minimum absolute atomic E-state index is 0.239. The maximum absolute atomic E-state index is 12.7. The molecule has 1 amide bonds. The molecule has 0 aliphatic heterocycles. The standard InChI is InChI=1S/C18H17N3O2/c1-14-17(19-13-22)18(23)21(16-10-6-3-7-11-16)20(14)12-15-8-4-2-5-9-15/h2-11,13H,12H2,1H3,(H,19,22). The van der Waals surface area contributed by atoms with Crippen molar-refractivity contribution in [1.82, 2.24) is 9.36 Å². The Morgan fingerprint density at radius 1 is 1.00 bits per heavy atom. The van der Waals surface area contributed by atoms with Crippen LogP contribution in [0.5, 0.6) is 0 Å². The molecule has 0 aliphatic rings. The summed E-state index contributed by atoms with van der Waals surface area (Å²) < 4.78 is 3.47. The number of para-hydroxylation sites is 1. The third kappa shape index (κ3) is 2.81. The van der Waals surface area contributed by atoms with Gasteiger partial charge < -0.3 is 5.32 Å². The van der Waals surface area contributed by atoms with Crippen molar-refractivity contribution in [3.8, 4) is 5.69 Å². The van der Waals surface area contributed by atoms with E-state index in [2.05, 4.69) is 5.32 Å². The van der Waals surface area contributed by atoms with Crippen molar-refractivity contribution in [2.75, 3.05) is 5.32 Å². The Labute approximate surface area is 133 Å². The molecule has 0 bridgehead atoms. The van der Waals surface area contributed by atoms with Gasteiger partial charge in [0.25, 0.3) is 5.56 Å². The minimum Gasteiger partial charge on any atom is -0.323 e. The Morgan fingerprint density at radius 3 is 2.22 bits per heavy atom. The first-order valence-corrected chi connectivity index (χ1v) is 7.34. The van der Waals surface area contributed by atoms with E-state index in [1.165, 1.54) is 0 Å². The van der Waals surface area contributed by atoms with E-state index >= 15 is 0 Å². The van der Waals surface area contributed by atoms with Crippen LogP contribution in [0.2, 0.25) is 0 Å². The number of hydrogen-bond acceptors (Lipinski definition) is 2. The monoisotopic (exact) mass is 307 g/mol. The Hall–Kier alpha value is -3.08. The zero-order chi connectivity index (χ0) is 16.2. The van der Waals surface area contributed by atoms with Gasteiger partial charge in [0.05, 0.1) is 17.9 Å². The lowest BCUT2D eigenvalue weighted by Crippen LogP contribution is -2.22. The number of aromatic nitrogens is 2.